The minimum atomic E-state index is 0.289. The van der Waals surface area contributed by atoms with E-state index in [9.17, 15) is 0 Å². The Morgan fingerprint density at radius 3 is 2.53 bits per heavy atom. The van der Waals surface area contributed by atoms with E-state index in [1.54, 1.807) is 0 Å². The summed E-state index contributed by atoms with van der Waals surface area (Å²) in [4.78, 5) is 2.42. The lowest BCUT2D eigenvalue weighted by molar-refractivity contribution is 0.108. The van der Waals surface area contributed by atoms with Crippen LogP contribution in [0.3, 0.4) is 0 Å². The van der Waals surface area contributed by atoms with Crippen molar-refractivity contribution in [1.82, 2.24) is 10.2 Å². The molecule has 0 saturated heterocycles. The lowest BCUT2D eigenvalue weighted by Gasteiger charge is -2.43. The smallest absolute Gasteiger partial charge is 0.0408 e. The molecule has 2 nitrogen and oxygen atoms in total. The van der Waals surface area contributed by atoms with E-state index in [1.165, 1.54) is 31.2 Å². The maximum atomic E-state index is 6.10. The van der Waals surface area contributed by atoms with Crippen molar-refractivity contribution in [3.63, 3.8) is 0 Å². The minimum absolute atomic E-state index is 0.289. The molecule has 1 aromatic carbocycles. The zero-order chi connectivity index (χ0) is 13.9. The first kappa shape index (κ1) is 14.8. The number of rotatable bonds is 5. The van der Waals surface area contributed by atoms with Gasteiger partial charge in [-0.25, -0.2) is 0 Å². The van der Waals surface area contributed by atoms with E-state index in [0.29, 0.717) is 6.04 Å². The maximum Gasteiger partial charge on any atom is 0.0408 e. The Labute approximate surface area is 122 Å². The van der Waals surface area contributed by atoms with Crippen LogP contribution in [0.25, 0.3) is 0 Å². The second kappa shape index (κ2) is 6.25. The normalized spacial score (nSPS) is 19.8. The molecule has 3 heteroatoms. The number of nitrogens with one attached hydrogen (secondary N) is 1. The third-order valence-electron chi connectivity index (χ3n) is 4.69. The lowest BCUT2D eigenvalue weighted by atomic mass is 9.83. The van der Waals surface area contributed by atoms with Gasteiger partial charge in [0.25, 0.3) is 0 Å². The number of nitrogens with zero attached hydrogens (tertiary/aromatic N) is 1. The Morgan fingerprint density at radius 1 is 1.32 bits per heavy atom. The number of hydrogen-bond donors (Lipinski definition) is 1. The van der Waals surface area contributed by atoms with E-state index < -0.39 is 0 Å². The average molecular weight is 281 g/mol. The summed E-state index contributed by atoms with van der Waals surface area (Å²) in [6, 6.07) is 8.72. The fourth-order valence-corrected chi connectivity index (χ4v) is 3.77. The summed E-state index contributed by atoms with van der Waals surface area (Å²) in [7, 11) is 6.51. The monoisotopic (exact) mass is 280 g/mol. The van der Waals surface area contributed by atoms with Crippen LogP contribution >= 0.6 is 11.6 Å². The highest BCUT2D eigenvalue weighted by atomic mass is 35.5. The van der Waals surface area contributed by atoms with Crippen LogP contribution < -0.4 is 5.32 Å². The molecule has 1 N–H and O–H groups in total. The van der Waals surface area contributed by atoms with Crippen LogP contribution in [0.1, 0.15) is 31.2 Å². The molecular formula is C16H25ClN2. The second-order valence-electron chi connectivity index (χ2n) is 5.88. The maximum absolute atomic E-state index is 6.10. The molecule has 19 heavy (non-hydrogen) atoms. The zero-order valence-electron chi connectivity index (χ0n) is 12.2. The molecule has 1 aromatic rings. The molecule has 1 unspecified atom stereocenters. The van der Waals surface area contributed by atoms with Crippen LogP contribution in [0.15, 0.2) is 24.3 Å². The highest BCUT2D eigenvalue weighted by Crippen LogP contribution is 2.37. The van der Waals surface area contributed by atoms with E-state index in [-0.39, 0.29) is 5.54 Å². The average Bonchev–Trinajstić information content (AvgIpc) is 2.86. The van der Waals surface area contributed by atoms with Gasteiger partial charge in [0, 0.05) is 16.6 Å². The van der Waals surface area contributed by atoms with Crippen LogP contribution in [-0.4, -0.2) is 37.6 Å². The van der Waals surface area contributed by atoms with Crippen LogP contribution in [0.5, 0.6) is 0 Å². The Kier molecular flexibility index (Phi) is 4.88. The van der Waals surface area contributed by atoms with Crippen molar-refractivity contribution in [2.75, 3.05) is 21.1 Å². The minimum Gasteiger partial charge on any atom is -0.315 e. The van der Waals surface area contributed by atoms with Crippen LogP contribution in [0.2, 0.25) is 5.02 Å². The molecule has 1 atom stereocenters. The molecule has 0 amide bonds. The molecule has 1 fully saturated rings. The third-order valence-corrected chi connectivity index (χ3v) is 4.92. The van der Waals surface area contributed by atoms with Crippen molar-refractivity contribution in [2.24, 2.45) is 0 Å². The summed E-state index contributed by atoms with van der Waals surface area (Å²) in [5.41, 5.74) is 1.61. The summed E-state index contributed by atoms with van der Waals surface area (Å²) in [5, 5.41) is 4.38. The van der Waals surface area contributed by atoms with Gasteiger partial charge in [0.05, 0.1) is 0 Å². The SMILES string of the molecule is CNC(Cc1cccc(Cl)c1)C1(N(C)C)CCCC1. The summed E-state index contributed by atoms with van der Waals surface area (Å²) >= 11 is 6.10. The first-order valence-corrected chi connectivity index (χ1v) is 7.55. The molecule has 106 valence electrons. The van der Waals surface area contributed by atoms with E-state index >= 15 is 0 Å². The fraction of sp³-hybridized carbons (Fsp3) is 0.625. The Bertz CT molecular complexity index is 411. The molecule has 0 bridgehead atoms. The highest BCUT2D eigenvalue weighted by molar-refractivity contribution is 6.30. The van der Waals surface area contributed by atoms with Crippen molar-refractivity contribution in [1.29, 1.82) is 0 Å². The quantitative estimate of drug-likeness (QED) is 0.890. The molecule has 0 heterocycles. The number of benzene rings is 1. The lowest BCUT2D eigenvalue weighted by Crippen LogP contribution is -2.57. The van der Waals surface area contributed by atoms with Gasteiger partial charge in [-0.2, -0.15) is 0 Å². The van der Waals surface area contributed by atoms with Crippen molar-refractivity contribution < 1.29 is 0 Å². The van der Waals surface area contributed by atoms with E-state index in [0.717, 1.165) is 11.4 Å². The highest BCUT2D eigenvalue weighted by Gasteiger charge is 2.42. The predicted molar refractivity (Wildman–Crippen MR) is 82.9 cm³/mol. The van der Waals surface area contributed by atoms with Gasteiger partial charge in [-0.1, -0.05) is 36.6 Å². The summed E-state index contributed by atoms with van der Waals surface area (Å²) < 4.78 is 0. The first-order valence-electron chi connectivity index (χ1n) is 7.17. The fourth-order valence-electron chi connectivity index (χ4n) is 3.55. The first-order chi connectivity index (χ1) is 9.08. The van der Waals surface area contributed by atoms with Gasteiger partial charge in [-0.15, -0.1) is 0 Å². The molecule has 1 aliphatic carbocycles. The number of hydrogen-bond acceptors (Lipinski definition) is 2. The van der Waals surface area contributed by atoms with Gasteiger partial charge in [0.1, 0.15) is 0 Å². The van der Waals surface area contributed by atoms with Gasteiger partial charge >= 0.3 is 0 Å². The van der Waals surface area contributed by atoms with Crippen LogP contribution in [0.4, 0.5) is 0 Å². The number of halogens is 1. The zero-order valence-corrected chi connectivity index (χ0v) is 13.0. The molecule has 0 aliphatic heterocycles. The molecule has 1 saturated carbocycles. The third kappa shape index (κ3) is 3.13. The molecule has 0 spiro atoms. The van der Waals surface area contributed by atoms with Crippen molar-refractivity contribution >= 4 is 11.6 Å². The second-order valence-corrected chi connectivity index (χ2v) is 6.32. The topological polar surface area (TPSA) is 15.3 Å². The van der Waals surface area contributed by atoms with Crippen LogP contribution in [-0.2, 0) is 6.42 Å². The largest absolute Gasteiger partial charge is 0.315 e. The standard InChI is InChI=1S/C16H25ClN2/c1-18-15(12-13-7-6-8-14(17)11-13)16(19(2)3)9-4-5-10-16/h6-8,11,15,18H,4-5,9-10,12H2,1-3H3. The number of likely N-dealkylation sites (N-methyl/N-ethyl adjacent to an activating group) is 2. The van der Waals surface area contributed by atoms with Crippen molar-refractivity contribution in [2.45, 2.75) is 43.7 Å². The Balaban J connectivity index is 2.19. The Hall–Kier alpha value is -0.570. The predicted octanol–water partition coefficient (Wildman–Crippen LogP) is 3.34. The van der Waals surface area contributed by atoms with Gasteiger partial charge in [0.2, 0.25) is 0 Å². The summed E-state index contributed by atoms with van der Waals surface area (Å²) in [5.74, 6) is 0. The van der Waals surface area contributed by atoms with Crippen molar-refractivity contribution in [3.05, 3.63) is 34.9 Å². The summed E-state index contributed by atoms with van der Waals surface area (Å²) in [6.45, 7) is 0. The van der Waals surface area contributed by atoms with E-state index in [4.69, 9.17) is 11.6 Å². The molecule has 1 aliphatic rings. The van der Waals surface area contributed by atoms with Gasteiger partial charge < -0.3 is 10.2 Å². The molecule has 2 rings (SSSR count). The van der Waals surface area contributed by atoms with Gasteiger partial charge in [-0.05, 0) is 58.1 Å². The molecule has 0 radical (unpaired) electrons. The van der Waals surface area contributed by atoms with Gasteiger partial charge in [0.15, 0.2) is 0 Å². The summed E-state index contributed by atoms with van der Waals surface area (Å²) in [6.07, 6.45) is 6.28. The Morgan fingerprint density at radius 2 is 2.00 bits per heavy atom. The van der Waals surface area contributed by atoms with Crippen molar-refractivity contribution in [3.8, 4) is 0 Å². The van der Waals surface area contributed by atoms with E-state index in [1.807, 2.05) is 12.1 Å². The van der Waals surface area contributed by atoms with Gasteiger partial charge in [-0.3, -0.25) is 0 Å². The molecular weight excluding hydrogens is 256 g/mol. The van der Waals surface area contributed by atoms with Crippen LogP contribution in [0, 0.1) is 0 Å². The van der Waals surface area contributed by atoms with E-state index in [2.05, 4.69) is 43.5 Å². The molecule has 0 aromatic heterocycles.